The number of nitrogens with one attached hydrogen (secondary N) is 1. The summed E-state index contributed by atoms with van der Waals surface area (Å²) in [7, 11) is 1.63. The van der Waals surface area contributed by atoms with Gasteiger partial charge in [-0.15, -0.1) is 0 Å². The Kier molecular flexibility index (Phi) is 6.47. The van der Waals surface area contributed by atoms with Crippen molar-refractivity contribution >= 4 is 5.91 Å². The first-order chi connectivity index (χ1) is 8.19. The minimum Gasteiger partial charge on any atom is -0.383 e. The quantitative estimate of drug-likeness (QED) is 0.642. The zero-order valence-electron chi connectivity index (χ0n) is 10.9. The number of methoxy groups -OCH3 is 1. The third-order valence-corrected chi connectivity index (χ3v) is 3.42. The molecule has 0 aliphatic carbocycles. The van der Waals surface area contributed by atoms with Gasteiger partial charge in [0.05, 0.1) is 13.2 Å². The molecule has 3 N–H and O–H groups in total. The molecule has 1 aliphatic heterocycles. The van der Waals surface area contributed by atoms with Crippen molar-refractivity contribution in [2.24, 2.45) is 5.73 Å². The molecule has 0 saturated carbocycles. The summed E-state index contributed by atoms with van der Waals surface area (Å²) < 4.78 is 4.90. The van der Waals surface area contributed by atoms with E-state index in [1.54, 1.807) is 7.11 Å². The second-order valence-electron chi connectivity index (χ2n) is 4.68. The first kappa shape index (κ1) is 14.4. The Morgan fingerprint density at radius 1 is 1.53 bits per heavy atom. The number of likely N-dealkylation sites (tertiary alicyclic amines) is 1. The molecular weight excluding hydrogens is 218 g/mol. The number of rotatable bonds is 6. The maximum Gasteiger partial charge on any atom is 0.234 e. The van der Waals surface area contributed by atoms with Crippen molar-refractivity contribution in [1.82, 2.24) is 10.2 Å². The van der Waals surface area contributed by atoms with E-state index in [1.807, 2.05) is 0 Å². The summed E-state index contributed by atoms with van der Waals surface area (Å²) in [6.07, 6.45) is 3.47. The van der Waals surface area contributed by atoms with Gasteiger partial charge < -0.3 is 15.8 Å². The largest absolute Gasteiger partial charge is 0.383 e. The van der Waals surface area contributed by atoms with Crippen molar-refractivity contribution in [2.75, 3.05) is 33.4 Å². The molecule has 17 heavy (non-hydrogen) atoms. The van der Waals surface area contributed by atoms with Gasteiger partial charge in [0.25, 0.3) is 0 Å². The van der Waals surface area contributed by atoms with E-state index in [0.29, 0.717) is 38.3 Å². The highest BCUT2D eigenvalue weighted by molar-refractivity contribution is 5.78. The number of amides is 1. The molecule has 1 aliphatic rings. The second-order valence-corrected chi connectivity index (χ2v) is 4.68. The fraction of sp³-hybridized carbons (Fsp3) is 0.917. The van der Waals surface area contributed by atoms with E-state index < -0.39 is 0 Å². The number of piperidine rings is 1. The third kappa shape index (κ3) is 4.61. The van der Waals surface area contributed by atoms with Crippen LogP contribution >= 0.6 is 0 Å². The van der Waals surface area contributed by atoms with Gasteiger partial charge in [-0.25, -0.2) is 0 Å². The van der Waals surface area contributed by atoms with Crippen LogP contribution in [0.15, 0.2) is 0 Å². The van der Waals surface area contributed by atoms with Gasteiger partial charge in [0.1, 0.15) is 0 Å². The summed E-state index contributed by atoms with van der Waals surface area (Å²) in [6.45, 7) is 4.39. The molecule has 1 saturated heterocycles. The van der Waals surface area contributed by atoms with Gasteiger partial charge in [-0.3, -0.25) is 9.69 Å². The molecule has 2 unspecified atom stereocenters. The fourth-order valence-electron chi connectivity index (χ4n) is 2.39. The Balaban J connectivity index is 2.37. The van der Waals surface area contributed by atoms with E-state index in [9.17, 15) is 4.79 Å². The van der Waals surface area contributed by atoms with Crippen molar-refractivity contribution in [1.29, 1.82) is 0 Å². The van der Waals surface area contributed by atoms with Gasteiger partial charge in [0.15, 0.2) is 0 Å². The molecular formula is C12H25N3O2. The van der Waals surface area contributed by atoms with Crippen LogP contribution in [0.4, 0.5) is 0 Å². The lowest BCUT2D eigenvalue weighted by molar-refractivity contribution is -0.124. The number of ether oxygens (including phenoxy) is 1. The van der Waals surface area contributed by atoms with E-state index >= 15 is 0 Å². The van der Waals surface area contributed by atoms with E-state index in [-0.39, 0.29) is 5.91 Å². The summed E-state index contributed by atoms with van der Waals surface area (Å²) in [5, 5.41) is 2.85. The van der Waals surface area contributed by atoms with Crippen molar-refractivity contribution in [3.8, 4) is 0 Å². The van der Waals surface area contributed by atoms with Gasteiger partial charge in [0.2, 0.25) is 5.91 Å². The van der Waals surface area contributed by atoms with Crippen LogP contribution in [0.25, 0.3) is 0 Å². The van der Waals surface area contributed by atoms with Gasteiger partial charge in [-0.1, -0.05) is 6.42 Å². The smallest absolute Gasteiger partial charge is 0.234 e. The number of hydrogen-bond acceptors (Lipinski definition) is 4. The van der Waals surface area contributed by atoms with Crippen LogP contribution < -0.4 is 11.1 Å². The maximum absolute atomic E-state index is 11.7. The first-order valence-electron chi connectivity index (χ1n) is 6.40. The zero-order chi connectivity index (χ0) is 12.7. The summed E-state index contributed by atoms with van der Waals surface area (Å²) in [6, 6.07) is 0.803. The second kappa shape index (κ2) is 7.63. The monoisotopic (exact) mass is 243 g/mol. The molecule has 1 heterocycles. The minimum atomic E-state index is 0.0641. The molecule has 0 aromatic heterocycles. The van der Waals surface area contributed by atoms with E-state index in [2.05, 4.69) is 17.1 Å². The first-order valence-corrected chi connectivity index (χ1v) is 6.40. The fourth-order valence-corrected chi connectivity index (χ4v) is 2.39. The Morgan fingerprint density at radius 3 is 2.94 bits per heavy atom. The summed E-state index contributed by atoms with van der Waals surface area (Å²) in [5.41, 5.74) is 5.76. The number of carbonyl (C=O) groups is 1. The highest BCUT2D eigenvalue weighted by atomic mass is 16.5. The molecule has 1 rings (SSSR count). The average molecular weight is 243 g/mol. The van der Waals surface area contributed by atoms with Crippen LogP contribution in [-0.2, 0) is 9.53 Å². The number of nitrogens with zero attached hydrogens (tertiary/aromatic N) is 1. The highest BCUT2D eigenvalue weighted by Crippen LogP contribution is 2.21. The molecule has 1 amide bonds. The van der Waals surface area contributed by atoms with Gasteiger partial charge in [0, 0.05) is 32.3 Å². The third-order valence-electron chi connectivity index (χ3n) is 3.42. The van der Waals surface area contributed by atoms with Crippen LogP contribution in [0.5, 0.6) is 0 Å². The van der Waals surface area contributed by atoms with E-state index in [0.717, 1.165) is 12.8 Å². The van der Waals surface area contributed by atoms with Gasteiger partial charge in [-0.05, 0) is 19.8 Å². The van der Waals surface area contributed by atoms with Crippen molar-refractivity contribution < 1.29 is 9.53 Å². The number of carbonyl (C=O) groups excluding carboxylic acids is 1. The Hall–Kier alpha value is -0.650. The van der Waals surface area contributed by atoms with Gasteiger partial charge in [-0.2, -0.15) is 0 Å². The van der Waals surface area contributed by atoms with Crippen molar-refractivity contribution in [3.05, 3.63) is 0 Å². The van der Waals surface area contributed by atoms with Crippen LogP contribution in [0, 0.1) is 0 Å². The van der Waals surface area contributed by atoms with Gasteiger partial charge >= 0.3 is 0 Å². The Labute approximate surface area is 104 Å². The summed E-state index contributed by atoms with van der Waals surface area (Å²) >= 11 is 0. The maximum atomic E-state index is 11.7. The normalized spacial score (nSPS) is 25.8. The van der Waals surface area contributed by atoms with Crippen molar-refractivity contribution in [2.45, 2.75) is 38.3 Å². The van der Waals surface area contributed by atoms with Crippen LogP contribution in [0.3, 0.4) is 0 Å². The Bertz CT molecular complexity index is 236. The van der Waals surface area contributed by atoms with E-state index in [4.69, 9.17) is 10.5 Å². The van der Waals surface area contributed by atoms with Crippen LogP contribution in [-0.4, -0.2) is 56.2 Å². The molecule has 5 nitrogen and oxygen atoms in total. The molecule has 0 bridgehead atoms. The highest BCUT2D eigenvalue weighted by Gasteiger charge is 2.28. The lowest BCUT2D eigenvalue weighted by Crippen LogP contribution is -2.52. The lowest BCUT2D eigenvalue weighted by atomic mass is 9.96. The molecule has 1 fully saturated rings. The van der Waals surface area contributed by atoms with Crippen LogP contribution in [0.2, 0.25) is 0 Å². The molecule has 0 radical (unpaired) electrons. The summed E-state index contributed by atoms with van der Waals surface area (Å²) in [5.74, 6) is 0.0641. The summed E-state index contributed by atoms with van der Waals surface area (Å²) in [4.78, 5) is 14.0. The SMILES string of the molecule is COCCNC(=O)CN1C(C)CCCC1CN. The van der Waals surface area contributed by atoms with Crippen molar-refractivity contribution in [3.63, 3.8) is 0 Å². The topological polar surface area (TPSA) is 67.6 Å². The minimum absolute atomic E-state index is 0.0641. The molecule has 0 aromatic rings. The Morgan fingerprint density at radius 2 is 2.29 bits per heavy atom. The number of hydrogen-bond donors (Lipinski definition) is 2. The molecule has 0 aromatic carbocycles. The molecule has 2 atom stereocenters. The van der Waals surface area contributed by atoms with E-state index in [1.165, 1.54) is 6.42 Å². The molecule has 0 spiro atoms. The standard InChI is InChI=1S/C12H25N3O2/c1-10-4-3-5-11(8-13)15(10)9-12(16)14-6-7-17-2/h10-11H,3-9,13H2,1-2H3,(H,14,16). The molecule has 5 heteroatoms. The van der Waals surface area contributed by atoms with Crippen LogP contribution in [0.1, 0.15) is 26.2 Å². The zero-order valence-corrected chi connectivity index (χ0v) is 10.9. The molecule has 100 valence electrons. The predicted octanol–water partition coefficient (Wildman–Crippen LogP) is -0.0493. The lowest BCUT2D eigenvalue weighted by Gasteiger charge is -2.39. The predicted molar refractivity (Wildman–Crippen MR) is 67.7 cm³/mol. The average Bonchev–Trinajstić information content (AvgIpc) is 2.32. The number of nitrogens with two attached hydrogens (primary N) is 1.